The number of hydrogen-bond donors (Lipinski definition) is 2. The first-order valence-corrected chi connectivity index (χ1v) is 8.17. The summed E-state index contributed by atoms with van der Waals surface area (Å²) < 4.78 is 10.6. The standard InChI is InChI=1S/C17H15N3O4S/c1-23-10-5-6-14(24-2)12(8-10)13-9-25-17(19-13)20-16(22)11-4-3-7-18-15(11)21/h3-9H,1-2H3,(H,18,21)(H,19,20,22). The van der Waals surface area contributed by atoms with E-state index in [1.807, 2.05) is 0 Å². The van der Waals surface area contributed by atoms with Crippen molar-refractivity contribution >= 4 is 22.4 Å². The second-order valence-corrected chi connectivity index (χ2v) is 5.83. The smallest absolute Gasteiger partial charge is 0.263 e. The number of methoxy groups -OCH3 is 2. The molecule has 0 spiro atoms. The molecule has 2 heterocycles. The Morgan fingerprint density at radius 3 is 2.80 bits per heavy atom. The van der Waals surface area contributed by atoms with Gasteiger partial charge in [0.1, 0.15) is 17.1 Å². The zero-order valence-corrected chi connectivity index (χ0v) is 14.3. The van der Waals surface area contributed by atoms with Crippen molar-refractivity contribution in [3.63, 3.8) is 0 Å². The number of carbonyl (C=O) groups excluding carboxylic acids is 1. The number of H-pyrrole nitrogens is 1. The molecule has 3 rings (SSSR count). The monoisotopic (exact) mass is 357 g/mol. The van der Waals surface area contributed by atoms with Crippen molar-refractivity contribution in [3.8, 4) is 22.8 Å². The molecule has 7 nitrogen and oxygen atoms in total. The van der Waals surface area contributed by atoms with Crippen LogP contribution in [0.1, 0.15) is 10.4 Å². The van der Waals surface area contributed by atoms with Gasteiger partial charge in [0, 0.05) is 17.1 Å². The lowest BCUT2D eigenvalue weighted by Crippen LogP contribution is -2.22. The van der Waals surface area contributed by atoms with Gasteiger partial charge in [-0.15, -0.1) is 11.3 Å². The van der Waals surface area contributed by atoms with E-state index < -0.39 is 11.5 Å². The van der Waals surface area contributed by atoms with Gasteiger partial charge < -0.3 is 14.5 Å². The van der Waals surface area contributed by atoms with E-state index in [9.17, 15) is 9.59 Å². The van der Waals surface area contributed by atoms with Crippen molar-refractivity contribution in [1.29, 1.82) is 0 Å². The molecule has 3 aromatic rings. The Labute approximate surface area is 147 Å². The summed E-state index contributed by atoms with van der Waals surface area (Å²) in [6, 6.07) is 8.42. The van der Waals surface area contributed by atoms with Crippen LogP contribution in [-0.4, -0.2) is 30.1 Å². The van der Waals surface area contributed by atoms with Crippen LogP contribution in [0.3, 0.4) is 0 Å². The van der Waals surface area contributed by atoms with E-state index in [2.05, 4.69) is 15.3 Å². The van der Waals surface area contributed by atoms with E-state index in [0.29, 0.717) is 22.3 Å². The molecule has 0 aliphatic rings. The number of carbonyl (C=O) groups is 1. The predicted octanol–water partition coefficient (Wildman–Crippen LogP) is 2.77. The molecule has 0 fully saturated rings. The predicted molar refractivity (Wildman–Crippen MR) is 95.7 cm³/mol. The third kappa shape index (κ3) is 3.53. The number of aromatic nitrogens is 2. The Balaban J connectivity index is 1.87. The summed E-state index contributed by atoms with van der Waals surface area (Å²) in [7, 11) is 3.15. The van der Waals surface area contributed by atoms with Crippen molar-refractivity contribution in [2.75, 3.05) is 19.5 Å². The molecule has 0 atom stereocenters. The first-order chi connectivity index (χ1) is 12.1. The van der Waals surface area contributed by atoms with Crippen LogP contribution in [0.15, 0.2) is 46.7 Å². The summed E-state index contributed by atoms with van der Waals surface area (Å²) in [6.45, 7) is 0. The molecule has 0 saturated heterocycles. The quantitative estimate of drug-likeness (QED) is 0.732. The maximum Gasteiger partial charge on any atom is 0.263 e. The van der Waals surface area contributed by atoms with Crippen LogP contribution in [0, 0.1) is 0 Å². The number of amides is 1. The summed E-state index contributed by atoms with van der Waals surface area (Å²) in [5.41, 5.74) is 0.957. The minimum absolute atomic E-state index is 0.0261. The number of rotatable bonds is 5. The Hall–Kier alpha value is -3.13. The summed E-state index contributed by atoms with van der Waals surface area (Å²) in [5.74, 6) is 0.800. The van der Waals surface area contributed by atoms with Crippen LogP contribution < -0.4 is 20.3 Å². The molecular weight excluding hydrogens is 342 g/mol. The number of hydrogen-bond acceptors (Lipinski definition) is 6. The van der Waals surface area contributed by atoms with Gasteiger partial charge >= 0.3 is 0 Å². The van der Waals surface area contributed by atoms with E-state index in [0.717, 1.165) is 5.56 Å². The molecule has 1 aromatic carbocycles. The summed E-state index contributed by atoms with van der Waals surface area (Å²) >= 11 is 1.25. The largest absolute Gasteiger partial charge is 0.497 e. The topological polar surface area (TPSA) is 93.3 Å². The number of thiazole rings is 1. The van der Waals surface area contributed by atoms with Gasteiger partial charge in [0.15, 0.2) is 5.13 Å². The van der Waals surface area contributed by atoms with Crippen LogP contribution in [0.4, 0.5) is 5.13 Å². The third-order valence-electron chi connectivity index (χ3n) is 3.47. The SMILES string of the molecule is COc1ccc(OC)c(-c2csc(NC(=O)c3ccc[nH]c3=O)n2)c1. The summed E-state index contributed by atoms with van der Waals surface area (Å²) in [4.78, 5) is 30.7. The number of nitrogens with zero attached hydrogens (tertiary/aromatic N) is 1. The molecule has 1 amide bonds. The van der Waals surface area contributed by atoms with Crippen LogP contribution >= 0.6 is 11.3 Å². The van der Waals surface area contributed by atoms with Gasteiger partial charge in [-0.3, -0.25) is 14.9 Å². The Morgan fingerprint density at radius 2 is 2.08 bits per heavy atom. The zero-order valence-electron chi connectivity index (χ0n) is 13.5. The molecule has 0 saturated carbocycles. The third-order valence-corrected chi connectivity index (χ3v) is 4.23. The fourth-order valence-corrected chi connectivity index (χ4v) is 2.94. The Kier molecular flexibility index (Phi) is 4.80. The minimum atomic E-state index is -0.514. The number of nitrogens with one attached hydrogen (secondary N) is 2. The number of aromatic amines is 1. The highest BCUT2D eigenvalue weighted by Crippen LogP contribution is 2.35. The molecule has 2 N–H and O–H groups in total. The maximum atomic E-state index is 12.2. The van der Waals surface area contributed by atoms with Gasteiger partial charge in [0.2, 0.25) is 0 Å². The maximum absolute atomic E-state index is 12.2. The summed E-state index contributed by atoms with van der Waals surface area (Å²) in [5, 5.41) is 4.81. The van der Waals surface area contributed by atoms with E-state index in [4.69, 9.17) is 9.47 Å². The molecule has 0 bridgehead atoms. The first kappa shape index (κ1) is 16.7. The second-order valence-electron chi connectivity index (χ2n) is 4.97. The normalized spacial score (nSPS) is 10.3. The highest BCUT2D eigenvalue weighted by atomic mass is 32.1. The molecule has 0 aliphatic carbocycles. The van der Waals surface area contributed by atoms with Gasteiger partial charge in [-0.05, 0) is 30.3 Å². The van der Waals surface area contributed by atoms with Crippen molar-refractivity contribution in [3.05, 3.63) is 57.8 Å². The van der Waals surface area contributed by atoms with Crippen LogP contribution in [-0.2, 0) is 0 Å². The number of benzene rings is 1. The Morgan fingerprint density at radius 1 is 1.24 bits per heavy atom. The number of anilines is 1. The highest BCUT2D eigenvalue weighted by Gasteiger charge is 2.15. The molecule has 2 aromatic heterocycles. The summed E-state index contributed by atoms with van der Waals surface area (Å²) in [6.07, 6.45) is 1.47. The van der Waals surface area contributed by atoms with E-state index in [1.165, 1.54) is 23.6 Å². The Bertz CT molecular complexity index is 964. The van der Waals surface area contributed by atoms with Crippen molar-refractivity contribution < 1.29 is 14.3 Å². The highest BCUT2D eigenvalue weighted by molar-refractivity contribution is 7.14. The van der Waals surface area contributed by atoms with E-state index in [-0.39, 0.29) is 5.56 Å². The second kappa shape index (κ2) is 7.18. The molecule has 25 heavy (non-hydrogen) atoms. The van der Waals surface area contributed by atoms with Crippen molar-refractivity contribution in [2.45, 2.75) is 0 Å². The van der Waals surface area contributed by atoms with Crippen molar-refractivity contribution in [1.82, 2.24) is 9.97 Å². The van der Waals surface area contributed by atoms with Crippen molar-refractivity contribution in [2.24, 2.45) is 0 Å². The van der Waals surface area contributed by atoms with E-state index >= 15 is 0 Å². The molecule has 8 heteroatoms. The van der Waals surface area contributed by atoms with Gasteiger partial charge in [-0.1, -0.05) is 0 Å². The van der Waals surface area contributed by atoms with Crippen LogP contribution in [0.25, 0.3) is 11.3 Å². The molecule has 0 unspecified atom stereocenters. The van der Waals surface area contributed by atoms with Crippen LogP contribution in [0.5, 0.6) is 11.5 Å². The van der Waals surface area contributed by atoms with Crippen LogP contribution in [0.2, 0.25) is 0 Å². The van der Waals surface area contributed by atoms with Gasteiger partial charge in [-0.25, -0.2) is 4.98 Å². The number of ether oxygens (including phenoxy) is 2. The first-order valence-electron chi connectivity index (χ1n) is 7.29. The lowest BCUT2D eigenvalue weighted by Gasteiger charge is -2.08. The molecule has 0 aliphatic heterocycles. The lowest BCUT2D eigenvalue weighted by molar-refractivity contribution is 0.102. The fourth-order valence-electron chi connectivity index (χ4n) is 2.23. The average Bonchev–Trinajstić information content (AvgIpc) is 3.09. The molecular formula is C17H15N3O4S. The molecule has 0 radical (unpaired) electrons. The number of pyridine rings is 1. The van der Waals surface area contributed by atoms with Gasteiger partial charge in [-0.2, -0.15) is 0 Å². The van der Waals surface area contributed by atoms with Gasteiger partial charge in [0.05, 0.1) is 19.9 Å². The lowest BCUT2D eigenvalue weighted by atomic mass is 10.1. The average molecular weight is 357 g/mol. The van der Waals surface area contributed by atoms with Gasteiger partial charge in [0.25, 0.3) is 11.5 Å². The zero-order chi connectivity index (χ0) is 17.8. The van der Waals surface area contributed by atoms with E-state index in [1.54, 1.807) is 43.9 Å². The minimum Gasteiger partial charge on any atom is -0.497 e. The fraction of sp³-hybridized carbons (Fsp3) is 0.118. The molecule has 128 valence electrons.